The van der Waals surface area contributed by atoms with Gasteiger partial charge in [0.05, 0.1) is 35.0 Å². The van der Waals surface area contributed by atoms with E-state index in [1.807, 2.05) is 12.1 Å². The van der Waals surface area contributed by atoms with Crippen molar-refractivity contribution in [3.05, 3.63) is 76.8 Å². The molecule has 160 valence electrons. The molecule has 6 rings (SSSR count). The minimum Gasteiger partial charge on any atom is -0.372 e. The standard InChI is InChI=1S/C25H27ClN4O/c1-18-4-2-5-20(27-18)15-29-12-9-24(10-13-29)16-25(17-31-24)23-6-3-11-30(23)22-8-7-19(26)14-21(22)28-25/h2-8,11,14,28H,9-10,12-13,15-17H2,1H3/t25-/m1/s1. The van der Waals surface area contributed by atoms with Crippen LogP contribution in [0, 0.1) is 6.92 Å². The number of hydrogen-bond acceptors (Lipinski definition) is 4. The molecule has 1 N–H and O–H groups in total. The first-order valence-electron chi connectivity index (χ1n) is 11.1. The summed E-state index contributed by atoms with van der Waals surface area (Å²) in [7, 11) is 0. The molecule has 0 unspecified atom stereocenters. The third kappa shape index (κ3) is 3.27. The molecule has 0 aliphatic carbocycles. The maximum atomic E-state index is 6.61. The quantitative estimate of drug-likeness (QED) is 0.622. The number of aromatic nitrogens is 2. The highest BCUT2D eigenvalue weighted by atomic mass is 35.5. The van der Waals surface area contributed by atoms with Gasteiger partial charge < -0.3 is 14.6 Å². The number of anilines is 1. The second-order valence-corrected chi connectivity index (χ2v) is 9.76. The van der Waals surface area contributed by atoms with Gasteiger partial charge in [-0.25, -0.2) is 0 Å². The first-order chi connectivity index (χ1) is 15.0. The smallest absolute Gasteiger partial charge is 0.104 e. The number of nitrogens with one attached hydrogen (secondary N) is 1. The van der Waals surface area contributed by atoms with Crippen LogP contribution in [-0.4, -0.2) is 39.7 Å². The summed E-state index contributed by atoms with van der Waals surface area (Å²) in [6, 6.07) is 16.7. The lowest BCUT2D eigenvalue weighted by atomic mass is 9.79. The van der Waals surface area contributed by atoms with Gasteiger partial charge in [-0.2, -0.15) is 0 Å². The molecular weight excluding hydrogens is 408 g/mol. The monoisotopic (exact) mass is 434 g/mol. The van der Waals surface area contributed by atoms with Crippen LogP contribution in [0.3, 0.4) is 0 Å². The average molecular weight is 435 g/mol. The highest BCUT2D eigenvalue weighted by Crippen LogP contribution is 2.50. The number of halogens is 1. The zero-order valence-corrected chi connectivity index (χ0v) is 18.5. The van der Waals surface area contributed by atoms with Crippen LogP contribution in [0.4, 0.5) is 5.69 Å². The maximum Gasteiger partial charge on any atom is 0.104 e. The minimum absolute atomic E-state index is 0.0747. The zero-order valence-electron chi connectivity index (χ0n) is 17.8. The van der Waals surface area contributed by atoms with Crippen LogP contribution < -0.4 is 5.32 Å². The van der Waals surface area contributed by atoms with E-state index >= 15 is 0 Å². The Balaban J connectivity index is 1.21. The summed E-state index contributed by atoms with van der Waals surface area (Å²) in [5.74, 6) is 0. The van der Waals surface area contributed by atoms with Gasteiger partial charge in [0.25, 0.3) is 0 Å². The molecule has 2 fully saturated rings. The Morgan fingerprint density at radius 2 is 2.00 bits per heavy atom. The van der Waals surface area contributed by atoms with Crippen molar-refractivity contribution in [3.8, 4) is 5.69 Å². The summed E-state index contributed by atoms with van der Waals surface area (Å²) in [5, 5.41) is 4.58. The molecule has 5 nitrogen and oxygen atoms in total. The second kappa shape index (κ2) is 7.09. The molecule has 3 aromatic rings. The van der Waals surface area contributed by atoms with Gasteiger partial charge in [0.2, 0.25) is 0 Å². The van der Waals surface area contributed by atoms with Gasteiger partial charge in [-0.1, -0.05) is 17.7 Å². The number of nitrogens with zero attached hydrogens (tertiary/aromatic N) is 3. The van der Waals surface area contributed by atoms with E-state index in [1.54, 1.807) is 0 Å². The third-order valence-corrected chi connectivity index (χ3v) is 7.41. The van der Waals surface area contributed by atoms with Gasteiger partial charge >= 0.3 is 0 Å². The predicted molar refractivity (Wildman–Crippen MR) is 123 cm³/mol. The fourth-order valence-corrected chi connectivity index (χ4v) is 5.82. The Labute approximate surface area is 188 Å². The summed E-state index contributed by atoms with van der Waals surface area (Å²) in [4.78, 5) is 7.18. The Kier molecular flexibility index (Phi) is 4.43. The summed E-state index contributed by atoms with van der Waals surface area (Å²) in [6.45, 7) is 5.72. The lowest BCUT2D eigenvalue weighted by molar-refractivity contribution is -0.0453. The van der Waals surface area contributed by atoms with Gasteiger partial charge in [0.1, 0.15) is 5.54 Å². The molecule has 0 saturated carbocycles. The SMILES string of the molecule is Cc1cccc(CN2CCC3(CC2)C[C@]2(CO3)Nc3cc(Cl)ccc3-n3cccc32)n1. The number of piperidine rings is 1. The van der Waals surface area contributed by atoms with Crippen molar-refractivity contribution in [1.82, 2.24) is 14.5 Å². The van der Waals surface area contributed by atoms with Crippen LogP contribution in [0.25, 0.3) is 5.69 Å². The van der Waals surface area contributed by atoms with Crippen molar-refractivity contribution in [1.29, 1.82) is 0 Å². The van der Waals surface area contributed by atoms with Crippen molar-refractivity contribution in [2.24, 2.45) is 0 Å². The maximum absolute atomic E-state index is 6.61. The van der Waals surface area contributed by atoms with E-state index in [1.165, 1.54) is 5.69 Å². The fraction of sp³-hybridized carbons (Fsp3) is 0.400. The summed E-state index contributed by atoms with van der Waals surface area (Å²) in [6.07, 6.45) is 5.22. The predicted octanol–water partition coefficient (Wildman–Crippen LogP) is 4.91. The van der Waals surface area contributed by atoms with Crippen LogP contribution in [0.5, 0.6) is 0 Å². The van der Waals surface area contributed by atoms with Crippen molar-refractivity contribution < 1.29 is 4.74 Å². The molecule has 1 aromatic carbocycles. The first kappa shape index (κ1) is 19.4. The normalized spacial score (nSPS) is 24.2. The molecule has 5 heterocycles. The van der Waals surface area contributed by atoms with Crippen LogP contribution in [0.2, 0.25) is 5.02 Å². The molecule has 6 heteroatoms. The summed E-state index contributed by atoms with van der Waals surface area (Å²) >= 11 is 6.32. The van der Waals surface area contributed by atoms with Crippen molar-refractivity contribution in [2.45, 2.75) is 43.9 Å². The minimum atomic E-state index is -0.207. The molecule has 0 amide bonds. The largest absolute Gasteiger partial charge is 0.372 e. The molecule has 0 bridgehead atoms. The van der Waals surface area contributed by atoms with Crippen LogP contribution in [-0.2, 0) is 16.8 Å². The molecule has 0 radical (unpaired) electrons. The number of benzene rings is 1. The zero-order chi connectivity index (χ0) is 21.1. The van der Waals surface area contributed by atoms with Crippen LogP contribution in [0.15, 0.2) is 54.7 Å². The number of hydrogen-bond donors (Lipinski definition) is 1. The van der Waals surface area contributed by atoms with Crippen molar-refractivity contribution in [3.63, 3.8) is 0 Å². The lowest BCUT2D eigenvalue weighted by Crippen LogP contribution is -2.46. The van der Waals surface area contributed by atoms with E-state index in [-0.39, 0.29) is 11.1 Å². The Morgan fingerprint density at radius 1 is 1.13 bits per heavy atom. The first-order valence-corrected chi connectivity index (χ1v) is 11.5. The summed E-state index contributed by atoms with van der Waals surface area (Å²) < 4.78 is 8.91. The number of aryl methyl sites for hydroxylation is 1. The average Bonchev–Trinajstić information content (AvgIpc) is 3.37. The van der Waals surface area contributed by atoms with Crippen LogP contribution >= 0.6 is 11.6 Å². The highest BCUT2D eigenvalue weighted by Gasteiger charge is 2.53. The van der Waals surface area contributed by atoms with E-state index in [9.17, 15) is 0 Å². The second-order valence-electron chi connectivity index (χ2n) is 9.33. The van der Waals surface area contributed by atoms with Gasteiger partial charge in [0, 0.05) is 43.0 Å². The molecule has 2 aromatic heterocycles. The molecular formula is C25H27ClN4O. The number of fused-ring (bicyclic) bond motifs is 4. The molecule has 3 aliphatic heterocycles. The Morgan fingerprint density at radius 3 is 2.84 bits per heavy atom. The topological polar surface area (TPSA) is 42.3 Å². The summed E-state index contributed by atoms with van der Waals surface area (Å²) in [5.41, 5.74) is 5.47. The molecule has 2 saturated heterocycles. The number of likely N-dealkylation sites (tertiary alicyclic amines) is 1. The van der Waals surface area contributed by atoms with Gasteiger partial charge in [-0.15, -0.1) is 0 Å². The Bertz CT molecular complexity index is 1130. The van der Waals surface area contributed by atoms with Gasteiger partial charge in [-0.3, -0.25) is 9.88 Å². The van der Waals surface area contributed by atoms with Gasteiger partial charge in [-0.05, 0) is 62.2 Å². The molecule has 1 atom stereocenters. The highest BCUT2D eigenvalue weighted by molar-refractivity contribution is 6.31. The van der Waals surface area contributed by atoms with Gasteiger partial charge in [0.15, 0.2) is 0 Å². The third-order valence-electron chi connectivity index (χ3n) is 7.18. The lowest BCUT2D eigenvalue weighted by Gasteiger charge is -2.41. The number of ether oxygens (including phenoxy) is 1. The van der Waals surface area contributed by atoms with Crippen molar-refractivity contribution in [2.75, 3.05) is 25.0 Å². The van der Waals surface area contributed by atoms with Crippen molar-refractivity contribution >= 4 is 17.3 Å². The number of pyridine rings is 1. The van der Waals surface area contributed by atoms with Crippen LogP contribution in [0.1, 0.15) is 36.3 Å². The van der Waals surface area contributed by atoms with E-state index < -0.39 is 0 Å². The molecule has 31 heavy (non-hydrogen) atoms. The van der Waals surface area contributed by atoms with E-state index in [0.717, 1.165) is 66.7 Å². The fourth-order valence-electron chi connectivity index (χ4n) is 5.65. The number of rotatable bonds is 2. The molecule has 2 spiro atoms. The van der Waals surface area contributed by atoms with E-state index in [4.69, 9.17) is 16.3 Å². The van der Waals surface area contributed by atoms with E-state index in [0.29, 0.717) is 6.61 Å². The Hall–Kier alpha value is -2.34. The molecule has 3 aliphatic rings. The van der Waals surface area contributed by atoms with E-state index in [2.05, 4.69) is 69.3 Å².